The molecule has 1 aromatic heterocycles. The van der Waals surface area contributed by atoms with E-state index < -0.39 is 10.0 Å². The second-order valence-electron chi connectivity index (χ2n) is 5.80. The van der Waals surface area contributed by atoms with Gasteiger partial charge in [0.15, 0.2) is 0 Å². The lowest BCUT2D eigenvalue weighted by Crippen LogP contribution is -2.35. The minimum Gasteiger partial charge on any atom is -0.378 e. The fraction of sp³-hybridized carbons (Fsp3) is 0.846. The Balaban J connectivity index is 1.62. The first-order valence-corrected chi connectivity index (χ1v) is 9.22. The van der Waals surface area contributed by atoms with Crippen molar-refractivity contribution >= 4 is 10.0 Å². The van der Waals surface area contributed by atoms with Gasteiger partial charge in [-0.1, -0.05) is 0 Å². The van der Waals surface area contributed by atoms with Gasteiger partial charge in [-0.2, -0.15) is 5.10 Å². The number of hydrogen-bond acceptors (Lipinski definition) is 5. The summed E-state index contributed by atoms with van der Waals surface area (Å²) < 4.78 is 34.6. The van der Waals surface area contributed by atoms with Crippen LogP contribution >= 0.6 is 0 Å². The van der Waals surface area contributed by atoms with E-state index in [-0.39, 0.29) is 17.9 Å². The van der Waals surface area contributed by atoms with Crippen LogP contribution in [0.1, 0.15) is 49.8 Å². The lowest BCUT2D eigenvalue weighted by Gasteiger charge is -2.23. The third kappa shape index (κ3) is 3.61. The third-order valence-corrected chi connectivity index (χ3v) is 5.45. The maximum Gasteiger partial charge on any atom is 0.212 e. The molecule has 0 radical (unpaired) electrons. The lowest BCUT2D eigenvalue weighted by molar-refractivity contribution is 0.108. The van der Waals surface area contributed by atoms with Crippen molar-refractivity contribution in [3.8, 4) is 0 Å². The van der Waals surface area contributed by atoms with Gasteiger partial charge in [0.25, 0.3) is 0 Å². The number of rotatable bonds is 5. The molecule has 0 amide bonds. The maximum atomic E-state index is 12.2. The molecule has 21 heavy (non-hydrogen) atoms. The number of ether oxygens (including phenoxy) is 1. The van der Waals surface area contributed by atoms with Crippen LogP contribution in [0.4, 0.5) is 0 Å². The molecule has 0 bridgehead atoms. The number of hydrogen-bond donors (Lipinski definition) is 1. The van der Waals surface area contributed by atoms with Crippen LogP contribution in [0.3, 0.4) is 0 Å². The average Bonchev–Trinajstić information content (AvgIpc) is 3.05. The summed E-state index contributed by atoms with van der Waals surface area (Å²) in [6, 6.07) is -0.255. The molecule has 118 valence electrons. The first-order chi connectivity index (χ1) is 10.0. The van der Waals surface area contributed by atoms with E-state index in [2.05, 4.69) is 14.8 Å². The highest BCUT2D eigenvalue weighted by Gasteiger charge is 2.28. The monoisotopic (exact) mass is 314 g/mol. The van der Waals surface area contributed by atoms with Crippen LogP contribution in [0.2, 0.25) is 0 Å². The highest BCUT2D eigenvalue weighted by atomic mass is 32.2. The topological polar surface area (TPSA) is 86.1 Å². The summed E-state index contributed by atoms with van der Waals surface area (Å²) in [5.41, 5.74) is 0. The molecule has 8 heteroatoms. The minimum atomic E-state index is -3.31. The molecule has 1 aromatic rings. The van der Waals surface area contributed by atoms with Gasteiger partial charge in [0, 0.05) is 13.2 Å². The van der Waals surface area contributed by atoms with Crippen molar-refractivity contribution in [3.63, 3.8) is 0 Å². The van der Waals surface area contributed by atoms with Gasteiger partial charge in [0.2, 0.25) is 10.0 Å². The molecular formula is C13H22N4O3S. The van der Waals surface area contributed by atoms with Gasteiger partial charge in [0.1, 0.15) is 11.6 Å². The Bertz CT molecular complexity index is 593. The Labute approximate surface area is 125 Å². The summed E-state index contributed by atoms with van der Waals surface area (Å²) in [7, 11) is -3.31. The number of sulfonamides is 1. The largest absolute Gasteiger partial charge is 0.378 e. The zero-order valence-corrected chi connectivity index (χ0v) is 13.1. The van der Waals surface area contributed by atoms with Crippen molar-refractivity contribution in [1.29, 1.82) is 0 Å². The van der Waals surface area contributed by atoms with E-state index in [1.54, 1.807) is 0 Å². The molecule has 0 spiro atoms. The Morgan fingerprint density at radius 2 is 2.24 bits per heavy atom. The molecule has 0 unspecified atom stereocenters. The van der Waals surface area contributed by atoms with E-state index in [0.29, 0.717) is 12.2 Å². The van der Waals surface area contributed by atoms with Crippen LogP contribution in [0.25, 0.3) is 0 Å². The Morgan fingerprint density at radius 3 is 3.00 bits per heavy atom. The molecule has 0 aromatic carbocycles. The Morgan fingerprint density at radius 1 is 1.38 bits per heavy atom. The Hall–Kier alpha value is -0.990. The van der Waals surface area contributed by atoms with Crippen LogP contribution in [-0.4, -0.2) is 41.6 Å². The fourth-order valence-corrected chi connectivity index (χ4v) is 4.36. The molecule has 0 aliphatic carbocycles. The second kappa shape index (κ2) is 6.02. The second-order valence-corrected chi connectivity index (χ2v) is 7.67. The highest BCUT2D eigenvalue weighted by molar-refractivity contribution is 7.89. The highest BCUT2D eigenvalue weighted by Crippen LogP contribution is 2.24. The summed E-state index contributed by atoms with van der Waals surface area (Å²) in [4.78, 5) is 4.35. The average molecular weight is 314 g/mol. The summed E-state index contributed by atoms with van der Waals surface area (Å²) in [6.45, 7) is 3.39. The summed E-state index contributed by atoms with van der Waals surface area (Å²) in [5.74, 6) is 1.54. The van der Waals surface area contributed by atoms with Gasteiger partial charge in [-0.05, 0) is 39.0 Å². The van der Waals surface area contributed by atoms with Crippen LogP contribution < -0.4 is 4.72 Å². The van der Waals surface area contributed by atoms with Gasteiger partial charge >= 0.3 is 0 Å². The van der Waals surface area contributed by atoms with Gasteiger partial charge in [-0.3, -0.25) is 0 Å². The predicted molar refractivity (Wildman–Crippen MR) is 77.2 cm³/mol. The molecule has 0 saturated carbocycles. The lowest BCUT2D eigenvalue weighted by atomic mass is 10.1. The van der Waals surface area contributed by atoms with Crippen molar-refractivity contribution in [1.82, 2.24) is 19.5 Å². The molecule has 2 aliphatic rings. The minimum absolute atomic E-state index is 0.0961. The quantitative estimate of drug-likeness (QED) is 0.873. The normalized spacial score (nSPS) is 26.0. The molecule has 2 atom stereocenters. The van der Waals surface area contributed by atoms with Gasteiger partial charge in [-0.15, -0.1) is 0 Å². The van der Waals surface area contributed by atoms with Crippen LogP contribution in [-0.2, 0) is 21.3 Å². The zero-order chi connectivity index (χ0) is 14.9. The van der Waals surface area contributed by atoms with Crippen LogP contribution in [0.5, 0.6) is 0 Å². The molecule has 7 nitrogen and oxygen atoms in total. The van der Waals surface area contributed by atoms with Crippen molar-refractivity contribution in [2.45, 2.75) is 57.7 Å². The molecule has 1 N–H and O–H groups in total. The number of fused-ring (bicyclic) bond motifs is 1. The SMILES string of the molecule is Cc1nc2n(n1)CCC[C@@H]2NS(=O)(=O)CC[C@@H]1CCCO1. The first kappa shape index (κ1) is 14.9. The fourth-order valence-electron chi connectivity index (χ4n) is 3.01. The standard InChI is InChI=1S/C13H22N4O3S/c1-10-14-13-12(5-2-7-17(13)15-10)16-21(18,19)9-6-11-4-3-8-20-11/h11-12,16H,2-9H2,1H3/t11-,12-/m0/s1. The van der Waals surface area contributed by atoms with Crippen molar-refractivity contribution < 1.29 is 13.2 Å². The van der Waals surface area contributed by atoms with Crippen molar-refractivity contribution in [2.75, 3.05) is 12.4 Å². The first-order valence-electron chi connectivity index (χ1n) is 7.56. The van der Waals surface area contributed by atoms with Crippen LogP contribution in [0, 0.1) is 6.92 Å². The Kier molecular flexibility index (Phi) is 4.28. The summed E-state index contributed by atoms with van der Waals surface area (Å²) in [5, 5.41) is 4.29. The molecule has 3 rings (SSSR count). The van der Waals surface area contributed by atoms with E-state index in [4.69, 9.17) is 4.74 Å². The number of aromatic nitrogens is 3. The number of nitrogens with one attached hydrogen (secondary N) is 1. The number of nitrogens with zero attached hydrogens (tertiary/aromatic N) is 3. The zero-order valence-electron chi connectivity index (χ0n) is 12.3. The molecule has 1 fully saturated rings. The van der Waals surface area contributed by atoms with E-state index in [1.165, 1.54) is 0 Å². The molecule has 3 heterocycles. The van der Waals surface area contributed by atoms with E-state index >= 15 is 0 Å². The van der Waals surface area contributed by atoms with Gasteiger partial charge in [0.05, 0.1) is 17.9 Å². The van der Waals surface area contributed by atoms with Crippen LogP contribution in [0.15, 0.2) is 0 Å². The third-order valence-electron chi connectivity index (χ3n) is 4.03. The molecular weight excluding hydrogens is 292 g/mol. The van der Waals surface area contributed by atoms with Crippen molar-refractivity contribution in [2.24, 2.45) is 0 Å². The molecule has 1 saturated heterocycles. The summed E-state index contributed by atoms with van der Waals surface area (Å²) >= 11 is 0. The maximum absolute atomic E-state index is 12.2. The smallest absolute Gasteiger partial charge is 0.212 e. The summed E-state index contributed by atoms with van der Waals surface area (Å²) in [6.07, 6.45) is 4.34. The van der Waals surface area contributed by atoms with Gasteiger partial charge < -0.3 is 4.74 Å². The van der Waals surface area contributed by atoms with Gasteiger partial charge in [-0.25, -0.2) is 22.8 Å². The number of aryl methyl sites for hydroxylation is 2. The van der Waals surface area contributed by atoms with E-state index in [1.807, 2.05) is 11.6 Å². The van der Waals surface area contributed by atoms with Crippen molar-refractivity contribution in [3.05, 3.63) is 11.6 Å². The predicted octanol–water partition coefficient (Wildman–Crippen LogP) is 0.910. The molecule has 2 aliphatic heterocycles. The van der Waals surface area contributed by atoms with E-state index in [0.717, 1.165) is 44.7 Å². The van der Waals surface area contributed by atoms with E-state index in [9.17, 15) is 8.42 Å².